The minimum Gasteiger partial charge on any atom is -0.461 e. The maximum atomic E-state index is 13.0. The first kappa shape index (κ1) is 22.6. The second kappa shape index (κ2) is 11.4. The number of rotatable bonds is 10. The van der Waals surface area contributed by atoms with E-state index in [0.29, 0.717) is 46.8 Å². The molecule has 2 aromatic rings. The van der Waals surface area contributed by atoms with E-state index in [1.54, 1.807) is 29.3 Å². The third-order valence-corrected chi connectivity index (χ3v) is 5.11. The van der Waals surface area contributed by atoms with E-state index in [0.717, 1.165) is 0 Å². The van der Waals surface area contributed by atoms with Crippen LogP contribution >= 0.6 is 34.5 Å². The van der Waals surface area contributed by atoms with Crippen LogP contribution in [0.2, 0.25) is 10.0 Å². The molecule has 1 aromatic heterocycles. The van der Waals surface area contributed by atoms with Crippen LogP contribution in [-0.2, 0) is 16.0 Å². The number of nitrogens with zero attached hydrogens (tertiary/aromatic N) is 2. The van der Waals surface area contributed by atoms with Crippen molar-refractivity contribution in [1.29, 1.82) is 0 Å². The van der Waals surface area contributed by atoms with Gasteiger partial charge in [0, 0.05) is 30.2 Å². The van der Waals surface area contributed by atoms with Crippen LogP contribution < -0.4 is 0 Å². The number of hydrogen-bond acceptors (Lipinski definition) is 6. The summed E-state index contributed by atoms with van der Waals surface area (Å²) in [4.78, 5) is 30.8. The number of esters is 1. The molecule has 1 heterocycles. The standard InChI is InChI=1S/C19H22Cl2N2O4S/c1-3-26-9-5-8-23(18(24)14-7-6-13(20)10-15(14)21)11-17-22-16(12-28-17)19(25)27-4-2/h6-7,10,12H,3-5,8-9,11H2,1-2H3. The molecule has 1 amide bonds. The van der Waals surface area contributed by atoms with Crippen LogP contribution in [0, 0.1) is 0 Å². The minimum absolute atomic E-state index is 0.231. The molecule has 0 radical (unpaired) electrons. The number of carbonyl (C=O) groups excluding carboxylic acids is 2. The second-order valence-electron chi connectivity index (χ2n) is 5.75. The van der Waals surface area contributed by atoms with Crippen molar-refractivity contribution < 1.29 is 19.1 Å². The van der Waals surface area contributed by atoms with Gasteiger partial charge in [0.1, 0.15) is 5.01 Å². The minimum atomic E-state index is -0.472. The van der Waals surface area contributed by atoms with Crippen LogP contribution in [0.15, 0.2) is 23.6 Å². The number of hydrogen-bond donors (Lipinski definition) is 0. The molecule has 152 valence electrons. The maximum Gasteiger partial charge on any atom is 0.357 e. The van der Waals surface area contributed by atoms with Gasteiger partial charge in [-0.15, -0.1) is 11.3 Å². The lowest BCUT2D eigenvalue weighted by Gasteiger charge is -2.22. The average Bonchev–Trinajstić information content (AvgIpc) is 3.13. The van der Waals surface area contributed by atoms with Crippen LogP contribution in [0.5, 0.6) is 0 Å². The Bertz CT molecular complexity index is 813. The molecule has 0 saturated carbocycles. The Morgan fingerprint density at radius 3 is 2.68 bits per heavy atom. The quantitative estimate of drug-likeness (QED) is 0.392. The number of benzene rings is 1. The maximum absolute atomic E-state index is 13.0. The Balaban J connectivity index is 2.16. The largest absolute Gasteiger partial charge is 0.461 e. The van der Waals surface area contributed by atoms with Gasteiger partial charge in [-0.25, -0.2) is 9.78 Å². The van der Waals surface area contributed by atoms with Crippen molar-refractivity contribution in [2.45, 2.75) is 26.8 Å². The van der Waals surface area contributed by atoms with Gasteiger partial charge < -0.3 is 14.4 Å². The first-order valence-corrected chi connectivity index (χ1v) is 10.5. The molecule has 0 aliphatic rings. The first-order valence-electron chi connectivity index (χ1n) is 8.89. The molecule has 0 N–H and O–H groups in total. The molecule has 0 aliphatic carbocycles. The summed E-state index contributed by atoms with van der Waals surface area (Å²) < 4.78 is 10.3. The lowest BCUT2D eigenvalue weighted by molar-refractivity contribution is 0.0520. The highest BCUT2D eigenvalue weighted by Crippen LogP contribution is 2.24. The van der Waals surface area contributed by atoms with Crippen molar-refractivity contribution in [2.75, 3.05) is 26.4 Å². The molecular formula is C19H22Cl2N2O4S. The van der Waals surface area contributed by atoms with Gasteiger partial charge in [-0.2, -0.15) is 0 Å². The zero-order valence-corrected chi connectivity index (χ0v) is 18.1. The molecule has 0 bridgehead atoms. The van der Waals surface area contributed by atoms with Gasteiger partial charge in [0.2, 0.25) is 0 Å². The zero-order chi connectivity index (χ0) is 20.5. The molecule has 9 heteroatoms. The number of halogens is 2. The highest BCUT2D eigenvalue weighted by atomic mass is 35.5. The molecule has 28 heavy (non-hydrogen) atoms. The average molecular weight is 445 g/mol. The lowest BCUT2D eigenvalue weighted by Crippen LogP contribution is -2.32. The van der Waals surface area contributed by atoms with E-state index < -0.39 is 5.97 Å². The van der Waals surface area contributed by atoms with Crippen molar-refractivity contribution in [2.24, 2.45) is 0 Å². The van der Waals surface area contributed by atoms with E-state index in [4.69, 9.17) is 32.7 Å². The molecule has 0 fully saturated rings. The van der Waals surface area contributed by atoms with Crippen LogP contribution in [0.25, 0.3) is 0 Å². The van der Waals surface area contributed by atoms with Gasteiger partial charge in [-0.05, 0) is 38.5 Å². The second-order valence-corrected chi connectivity index (χ2v) is 7.53. The fourth-order valence-corrected chi connectivity index (χ4v) is 3.70. The summed E-state index contributed by atoms with van der Waals surface area (Å²) in [5, 5.41) is 3.02. The van der Waals surface area contributed by atoms with Crippen molar-refractivity contribution in [1.82, 2.24) is 9.88 Å². The molecule has 0 saturated heterocycles. The summed E-state index contributed by atoms with van der Waals surface area (Å²) in [6.07, 6.45) is 0.668. The van der Waals surface area contributed by atoms with E-state index >= 15 is 0 Å². The first-order chi connectivity index (χ1) is 13.5. The predicted octanol–water partition coefficient (Wildman–Crippen LogP) is 4.70. The third-order valence-electron chi connectivity index (χ3n) is 3.73. The van der Waals surface area contributed by atoms with E-state index in [1.165, 1.54) is 17.4 Å². The lowest BCUT2D eigenvalue weighted by atomic mass is 10.2. The number of ether oxygens (including phenoxy) is 2. The number of amides is 1. The summed E-state index contributed by atoms with van der Waals surface area (Å²) in [7, 11) is 0. The summed E-state index contributed by atoms with van der Waals surface area (Å²) in [6.45, 7) is 5.82. The molecule has 0 aliphatic heterocycles. The fourth-order valence-electron chi connectivity index (χ4n) is 2.43. The Labute approximate surface area is 178 Å². The van der Waals surface area contributed by atoms with Crippen molar-refractivity contribution in [3.05, 3.63) is 49.9 Å². The zero-order valence-electron chi connectivity index (χ0n) is 15.7. The van der Waals surface area contributed by atoms with Crippen LogP contribution in [-0.4, -0.2) is 48.1 Å². The molecule has 0 atom stereocenters. The fraction of sp³-hybridized carbons (Fsp3) is 0.421. The topological polar surface area (TPSA) is 68.7 Å². The van der Waals surface area contributed by atoms with Crippen molar-refractivity contribution in [3.8, 4) is 0 Å². The van der Waals surface area contributed by atoms with Crippen molar-refractivity contribution in [3.63, 3.8) is 0 Å². The van der Waals surface area contributed by atoms with Gasteiger partial charge in [-0.3, -0.25) is 4.79 Å². The molecular weight excluding hydrogens is 423 g/mol. The summed E-state index contributed by atoms with van der Waals surface area (Å²) in [6, 6.07) is 4.77. The highest BCUT2D eigenvalue weighted by Gasteiger charge is 2.21. The number of carbonyl (C=O) groups is 2. The Morgan fingerprint density at radius 2 is 2.00 bits per heavy atom. The molecule has 1 aromatic carbocycles. The van der Waals surface area contributed by atoms with Crippen LogP contribution in [0.3, 0.4) is 0 Å². The predicted molar refractivity (Wildman–Crippen MR) is 110 cm³/mol. The van der Waals surface area contributed by atoms with Gasteiger partial charge in [-0.1, -0.05) is 23.2 Å². The monoisotopic (exact) mass is 444 g/mol. The molecule has 2 rings (SSSR count). The van der Waals surface area contributed by atoms with Crippen LogP contribution in [0.1, 0.15) is 46.1 Å². The molecule has 0 spiro atoms. The van der Waals surface area contributed by atoms with E-state index in [2.05, 4.69) is 4.98 Å². The summed E-state index contributed by atoms with van der Waals surface area (Å²) in [5.41, 5.74) is 0.609. The molecule has 0 unspecified atom stereocenters. The number of thiazole rings is 1. The normalized spacial score (nSPS) is 10.7. The van der Waals surface area contributed by atoms with Gasteiger partial charge in [0.15, 0.2) is 5.69 Å². The van der Waals surface area contributed by atoms with E-state index in [9.17, 15) is 9.59 Å². The highest BCUT2D eigenvalue weighted by molar-refractivity contribution is 7.09. The van der Waals surface area contributed by atoms with Crippen molar-refractivity contribution >= 4 is 46.4 Å². The number of aromatic nitrogens is 1. The SMILES string of the molecule is CCOCCCN(Cc1nc(C(=O)OCC)cs1)C(=O)c1ccc(Cl)cc1Cl. The van der Waals surface area contributed by atoms with Gasteiger partial charge in [0.05, 0.1) is 23.7 Å². The van der Waals surface area contributed by atoms with Gasteiger partial charge in [0.25, 0.3) is 5.91 Å². The van der Waals surface area contributed by atoms with Gasteiger partial charge >= 0.3 is 5.97 Å². The smallest absolute Gasteiger partial charge is 0.357 e. The Kier molecular flexibility index (Phi) is 9.18. The van der Waals surface area contributed by atoms with E-state index in [-0.39, 0.29) is 24.8 Å². The third kappa shape index (κ3) is 6.44. The Hall–Kier alpha value is -1.67. The van der Waals surface area contributed by atoms with Crippen LogP contribution in [0.4, 0.5) is 0 Å². The summed E-state index contributed by atoms with van der Waals surface area (Å²) >= 11 is 13.4. The summed E-state index contributed by atoms with van der Waals surface area (Å²) in [5.74, 6) is -0.703. The Morgan fingerprint density at radius 1 is 1.21 bits per heavy atom. The van der Waals surface area contributed by atoms with E-state index in [1.807, 2.05) is 6.92 Å². The molecule has 6 nitrogen and oxygen atoms in total.